The van der Waals surface area contributed by atoms with Gasteiger partial charge in [0.1, 0.15) is 6.07 Å². The zero-order chi connectivity index (χ0) is 31.0. The maximum Gasteiger partial charge on any atom is 0.422 e. The first kappa shape index (κ1) is 31.2. The molecule has 0 saturated heterocycles. The molecule has 0 aromatic heterocycles. The molecule has 0 saturated carbocycles. The Balaban J connectivity index is 1.41. The first-order chi connectivity index (χ1) is 20.6. The van der Waals surface area contributed by atoms with Gasteiger partial charge in [0.25, 0.3) is 5.91 Å². The van der Waals surface area contributed by atoms with E-state index in [1.165, 1.54) is 18.2 Å². The number of nitrogens with one attached hydrogen (secondary N) is 1. The number of ether oxygens (including phenoxy) is 3. The lowest BCUT2D eigenvalue weighted by atomic mass is 9.98. The Morgan fingerprint density at radius 3 is 2.47 bits per heavy atom. The van der Waals surface area contributed by atoms with Crippen molar-refractivity contribution in [2.45, 2.75) is 45.3 Å². The van der Waals surface area contributed by atoms with E-state index < -0.39 is 31.3 Å². The minimum Gasteiger partial charge on any atom is -0.480 e. The number of hydrogen-bond donors (Lipinski definition) is 1. The molecule has 4 rings (SSSR count). The standard InChI is InChI=1S/C32H32F3N3O5/c1-3-14-41-31(40)25-8-4-5-9-26(25)38-13-12-23-16-22(17-24(18-36)30(23)38)15-21(2)37-29(39)19-42-27-10-6-7-11-28(27)43-20-32(33,34)35/h4-11,16-17,21H,3,12-15,19-20H2,1-2H3,(H,37,39). The van der Waals surface area contributed by atoms with Crippen LogP contribution in [0.1, 0.15) is 47.3 Å². The second kappa shape index (κ2) is 14.0. The zero-order valence-corrected chi connectivity index (χ0v) is 23.9. The summed E-state index contributed by atoms with van der Waals surface area (Å²) in [6.45, 7) is 2.75. The molecule has 0 bridgehead atoms. The quantitative estimate of drug-likeness (QED) is 0.261. The van der Waals surface area contributed by atoms with E-state index in [0.29, 0.717) is 49.2 Å². The third-order valence-corrected chi connectivity index (χ3v) is 6.64. The van der Waals surface area contributed by atoms with Gasteiger partial charge in [0, 0.05) is 12.6 Å². The van der Waals surface area contributed by atoms with Gasteiger partial charge in [-0.05, 0) is 67.6 Å². The summed E-state index contributed by atoms with van der Waals surface area (Å²) in [5.41, 5.74) is 4.13. The summed E-state index contributed by atoms with van der Waals surface area (Å²) in [4.78, 5) is 27.2. The number of fused-ring (bicyclic) bond motifs is 1. The van der Waals surface area contributed by atoms with Gasteiger partial charge in [0.2, 0.25) is 0 Å². The van der Waals surface area contributed by atoms with Gasteiger partial charge in [-0.3, -0.25) is 4.79 Å². The van der Waals surface area contributed by atoms with Crippen molar-refractivity contribution in [3.05, 3.63) is 82.9 Å². The summed E-state index contributed by atoms with van der Waals surface area (Å²) in [6, 6.07) is 18.7. The van der Waals surface area contributed by atoms with Crippen LogP contribution in [0.4, 0.5) is 24.5 Å². The number of alkyl halides is 3. The lowest BCUT2D eigenvalue weighted by Crippen LogP contribution is -2.37. The number of esters is 1. The number of amides is 1. The Morgan fingerprint density at radius 2 is 1.77 bits per heavy atom. The van der Waals surface area contributed by atoms with Crippen LogP contribution in [-0.2, 0) is 22.4 Å². The van der Waals surface area contributed by atoms with E-state index in [9.17, 15) is 28.0 Å². The van der Waals surface area contributed by atoms with E-state index in [4.69, 9.17) is 14.2 Å². The molecule has 1 atom stereocenters. The third kappa shape index (κ3) is 8.19. The Kier molecular flexibility index (Phi) is 10.1. The van der Waals surface area contributed by atoms with Crippen molar-refractivity contribution >= 4 is 23.3 Å². The van der Waals surface area contributed by atoms with Crippen LogP contribution >= 0.6 is 0 Å². The number of hydrogen-bond acceptors (Lipinski definition) is 7. The highest BCUT2D eigenvalue weighted by molar-refractivity contribution is 5.97. The fourth-order valence-corrected chi connectivity index (χ4v) is 4.92. The second-order valence-corrected chi connectivity index (χ2v) is 10.1. The maximum absolute atomic E-state index is 12.7. The van der Waals surface area contributed by atoms with Crippen molar-refractivity contribution in [2.75, 3.05) is 31.3 Å². The lowest BCUT2D eigenvalue weighted by molar-refractivity contribution is -0.153. The molecule has 1 aliphatic heterocycles. The average molecular weight is 596 g/mol. The monoisotopic (exact) mass is 595 g/mol. The predicted octanol–water partition coefficient (Wildman–Crippen LogP) is 5.89. The molecule has 3 aromatic carbocycles. The average Bonchev–Trinajstić information content (AvgIpc) is 3.41. The van der Waals surface area contributed by atoms with Crippen LogP contribution in [-0.4, -0.2) is 50.5 Å². The summed E-state index contributed by atoms with van der Waals surface area (Å²) in [6.07, 6.45) is -2.70. The normalized spacial score (nSPS) is 13.1. The molecule has 0 radical (unpaired) electrons. The fourth-order valence-electron chi connectivity index (χ4n) is 4.92. The van der Waals surface area contributed by atoms with Crippen molar-refractivity contribution in [3.8, 4) is 17.6 Å². The molecular weight excluding hydrogens is 563 g/mol. The molecule has 43 heavy (non-hydrogen) atoms. The van der Waals surface area contributed by atoms with Gasteiger partial charge >= 0.3 is 12.1 Å². The van der Waals surface area contributed by atoms with Crippen LogP contribution in [0.15, 0.2) is 60.7 Å². The van der Waals surface area contributed by atoms with Crippen LogP contribution in [0, 0.1) is 11.3 Å². The van der Waals surface area contributed by atoms with Gasteiger partial charge in [-0.1, -0.05) is 37.3 Å². The molecule has 0 aliphatic carbocycles. The SMILES string of the molecule is CCCOC(=O)c1ccccc1N1CCc2cc(CC(C)NC(=O)COc3ccccc3OCC(F)(F)F)cc(C#N)c21. The molecule has 8 nitrogen and oxygen atoms in total. The summed E-state index contributed by atoms with van der Waals surface area (Å²) in [5, 5.41) is 12.8. The number of nitriles is 1. The number of anilines is 2. The van der Waals surface area contributed by atoms with Crippen LogP contribution in [0.3, 0.4) is 0 Å². The minimum absolute atomic E-state index is 0.0246. The number of halogens is 3. The fraction of sp³-hybridized carbons (Fsp3) is 0.344. The van der Waals surface area contributed by atoms with Crippen molar-refractivity contribution in [3.63, 3.8) is 0 Å². The van der Waals surface area contributed by atoms with Gasteiger partial charge in [-0.2, -0.15) is 18.4 Å². The van der Waals surface area contributed by atoms with Crippen molar-refractivity contribution in [1.82, 2.24) is 5.32 Å². The van der Waals surface area contributed by atoms with Crippen molar-refractivity contribution in [2.24, 2.45) is 0 Å². The molecule has 1 amide bonds. The molecule has 3 aromatic rings. The lowest BCUT2D eigenvalue weighted by Gasteiger charge is -2.23. The van der Waals surface area contributed by atoms with E-state index >= 15 is 0 Å². The topological polar surface area (TPSA) is 101 Å². The van der Waals surface area contributed by atoms with Gasteiger partial charge < -0.3 is 24.4 Å². The first-order valence-corrected chi connectivity index (χ1v) is 13.9. The van der Waals surface area contributed by atoms with Crippen LogP contribution in [0.2, 0.25) is 0 Å². The highest BCUT2D eigenvalue weighted by Crippen LogP contribution is 2.40. The highest BCUT2D eigenvalue weighted by atomic mass is 19.4. The van der Waals surface area contributed by atoms with Crippen LogP contribution < -0.4 is 19.7 Å². The minimum atomic E-state index is -4.51. The third-order valence-electron chi connectivity index (χ3n) is 6.64. The summed E-state index contributed by atoms with van der Waals surface area (Å²) >= 11 is 0. The number of nitrogens with zero attached hydrogens (tertiary/aromatic N) is 2. The first-order valence-electron chi connectivity index (χ1n) is 13.9. The van der Waals surface area contributed by atoms with Crippen LogP contribution in [0.5, 0.6) is 11.5 Å². The molecule has 11 heteroatoms. The summed E-state index contributed by atoms with van der Waals surface area (Å²) in [5.74, 6) is -0.960. The Morgan fingerprint density at radius 1 is 1.07 bits per heavy atom. The van der Waals surface area contributed by atoms with Gasteiger partial charge in [-0.25, -0.2) is 4.79 Å². The molecule has 226 valence electrons. The molecule has 1 aliphatic rings. The van der Waals surface area contributed by atoms with Crippen molar-refractivity contribution in [1.29, 1.82) is 5.26 Å². The number of benzene rings is 3. The van der Waals surface area contributed by atoms with E-state index in [2.05, 4.69) is 11.4 Å². The Labute approximate surface area is 248 Å². The van der Waals surface area contributed by atoms with E-state index in [-0.39, 0.29) is 17.5 Å². The number of carbonyl (C=O) groups is 2. The zero-order valence-electron chi connectivity index (χ0n) is 23.9. The Hall–Kier alpha value is -4.72. The predicted molar refractivity (Wildman–Crippen MR) is 154 cm³/mol. The van der Waals surface area contributed by atoms with Gasteiger partial charge in [0.05, 0.1) is 29.1 Å². The number of rotatable bonds is 12. The summed E-state index contributed by atoms with van der Waals surface area (Å²) < 4.78 is 53.2. The molecule has 1 N–H and O–H groups in total. The van der Waals surface area contributed by atoms with E-state index in [0.717, 1.165) is 16.8 Å². The van der Waals surface area contributed by atoms with Gasteiger partial charge in [-0.15, -0.1) is 0 Å². The Bertz CT molecular complexity index is 1500. The molecule has 1 unspecified atom stereocenters. The smallest absolute Gasteiger partial charge is 0.422 e. The molecule has 1 heterocycles. The van der Waals surface area contributed by atoms with E-state index in [1.54, 1.807) is 24.3 Å². The summed E-state index contributed by atoms with van der Waals surface area (Å²) in [7, 11) is 0. The number of carbonyl (C=O) groups excluding carboxylic acids is 2. The molecular formula is C32H32F3N3O5. The second-order valence-electron chi connectivity index (χ2n) is 10.1. The maximum atomic E-state index is 12.7. The van der Waals surface area contributed by atoms with Crippen LogP contribution in [0.25, 0.3) is 0 Å². The van der Waals surface area contributed by atoms with Gasteiger partial charge in [0.15, 0.2) is 24.7 Å². The number of para-hydroxylation sites is 3. The molecule has 0 fully saturated rings. The van der Waals surface area contributed by atoms with E-state index in [1.807, 2.05) is 36.9 Å². The molecule has 0 spiro atoms. The van der Waals surface area contributed by atoms with Crippen molar-refractivity contribution < 1.29 is 37.0 Å². The largest absolute Gasteiger partial charge is 0.480 e. The highest BCUT2D eigenvalue weighted by Gasteiger charge is 2.30.